The molecule has 1 rings (SSSR count). The molecule has 1 N–H and O–H groups in total. The van der Waals surface area contributed by atoms with Crippen molar-refractivity contribution < 1.29 is 14.6 Å². The van der Waals surface area contributed by atoms with Crippen LogP contribution in [-0.4, -0.2) is 67.7 Å². The molecule has 4 nitrogen and oxygen atoms in total. The first-order valence-electron chi connectivity index (χ1n) is 3.71. The molecule has 0 saturated carbocycles. The Labute approximate surface area is 84.0 Å². The van der Waals surface area contributed by atoms with Crippen molar-refractivity contribution in [2.24, 2.45) is 0 Å². The summed E-state index contributed by atoms with van der Waals surface area (Å²) in [4.78, 5) is 12.2. The number of methoxy groups -OCH3 is 1. The van der Waals surface area contributed by atoms with Crippen LogP contribution in [0.5, 0.6) is 0 Å². The number of nitrogens with zero attached hydrogens (tertiary/aromatic N) is 1. The fourth-order valence-corrected chi connectivity index (χ4v) is 1.07. The van der Waals surface area contributed by atoms with Crippen molar-refractivity contribution in [3.05, 3.63) is 0 Å². The van der Waals surface area contributed by atoms with Gasteiger partial charge in [-0.15, -0.1) is 0 Å². The third-order valence-electron chi connectivity index (χ3n) is 1.79. The van der Waals surface area contributed by atoms with Crippen molar-refractivity contribution >= 4 is 24.8 Å². The number of rotatable bonds is 5. The maximum Gasteiger partial charge on any atom is 0.322 e. The monoisotopic (exact) mass is 166 g/mol. The predicted molar refractivity (Wildman–Crippen MR) is 45.2 cm³/mol. The van der Waals surface area contributed by atoms with Gasteiger partial charge in [-0.1, -0.05) is 0 Å². The first-order chi connectivity index (χ1) is 5.25. The molecule has 0 aromatic heterocycles. The van der Waals surface area contributed by atoms with Crippen molar-refractivity contribution in [2.45, 2.75) is 12.5 Å². The molecule has 0 aromatic carbocycles. The Morgan fingerprint density at radius 3 is 2.83 bits per heavy atom. The van der Waals surface area contributed by atoms with Gasteiger partial charge in [0.25, 0.3) is 0 Å². The SMILES string of the molecule is COCCC[N@@]1CC1C(=O)O.[Li]. The van der Waals surface area contributed by atoms with Crippen molar-refractivity contribution in [3.63, 3.8) is 0 Å². The van der Waals surface area contributed by atoms with Gasteiger partial charge >= 0.3 is 5.97 Å². The van der Waals surface area contributed by atoms with E-state index >= 15 is 0 Å². The number of ether oxygens (including phenoxy) is 1. The minimum atomic E-state index is -0.706. The Balaban J connectivity index is 0.00000121. The minimum absolute atomic E-state index is 0. The van der Waals surface area contributed by atoms with Gasteiger partial charge in [0.2, 0.25) is 0 Å². The van der Waals surface area contributed by atoms with Crippen molar-refractivity contribution in [2.75, 3.05) is 26.8 Å². The molecule has 0 aromatic rings. The fraction of sp³-hybridized carbons (Fsp3) is 0.857. The van der Waals surface area contributed by atoms with E-state index in [0.717, 1.165) is 13.0 Å². The van der Waals surface area contributed by atoms with Crippen LogP contribution in [0.25, 0.3) is 0 Å². The number of carboxylic acids is 1. The third-order valence-corrected chi connectivity index (χ3v) is 1.79. The van der Waals surface area contributed by atoms with E-state index < -0.39 is 5.97 Å². The van der Waals surface area contributed by atoms with E-state index in [-0.39, 0.29) is 24.9 Å². The maximum absolute atomic E-state index is 10.3. The zero-order valence-corrected chi connectivity index (χ0v) is 7.62. The molecule has 0 bridgehead atoms. The predicted octanol–water partition coefficient (Wildman–Crippen LogP) is -0.589. The molecule has 1 unspecified atom stereocenters. The molecule has 1 aliphatic rings. The summed E-state index contributed by atoms with van der Waals surface area (Å²) < 4.78 is 4.84. The Kier molecular flexibility index (Phi) is 5.60. The van der Waals surface area contributed by atoms with Crippen LogP contribution < -0.4 is 0 Å². The summed E-state index contributed by atoms with van der Waals surface area (Å²) in [6.45, 7) is 2.26. The second-order valence-corrected chi connectivity index (χ2v) is 2.70. The summed E-state index contributed by atoms with van der Waals surface area (Å²) >= 11 is 0. The van der Waals surface area contributed by atoms with E-state index in [1.54, 1.807) is 7.11 Å². The molecule has 1 saturated heterocycles. The van der Waals surface area contributed by atoms with Crippen LogP contribution in [0, 0.1) is 0 Å². The summed E-state index contributed by atoms with van der Waals surface area (Å²) in [5.41, 5.74) is 0. The van der Waals surface area contributed by atoms with Gasteiger partial charge < -0.3 is 9.84 Å². The average molecular weight is 166 g/mol. The average Bonchev–Trinajstić information content (AvgIpc) is 2.68. The van der Waals surface area contributed by atoms with Gasteiger partial charge in [0, 0.05) is 45.7 Å². The molecule has 65 valence electrons. The van der Waals surface area contributed by atoms with Crippen LogP contribution in [0.1, 0.15) is 6.42 Å². The fourth-order valence-electron chi connectivity index (χ4n) is 1.07. The van der Waals surface area contributed by atoms with Crippen LogP contribution in [0.2, 0.25) is 0 Å². The molecule has 12 heavy (non-hydrogen) atoms. The summed E-state index contributed by atoms with van der Waals surface area (Å²) in [5.74, 6) is -0.706. The topological polar surface area (TPSA) is 49.5 Å². The number of carbonyl (C=O) groups is 1. The number of aliphatic carboxylic acids is 1. The molecule has 2 atom stereocenters. The number of hydrogen-bond donors (Lipinski definition) is 1. The van der Waals surface area contributed by atoms with E-state index in [9.17, 15) is 4.79 Å². The largest absolute Gasteiger partial charge is 0.480 e. The van der Waals surface area contributed by atoms with Gasteiger partial charge in [-0.25, -0.2) is 0 Å². The summed E-state index contributed by atoms with van der Waals surface area (Å²) in [6, 6.07) is -0.216. The van der Waals surface area contributed by atoms with Gasteiger partial charge in [-0.2, -0.15) is 0 Å². The molecular weight excluding hydrogens is 153 g/mol. The van der Waals surface area contributed by atoms with Crippen LogP contribution in [0.3, 0.4) is 0 Å². The van der Waals surface area contributed by atoms with Gasteiger partial charge in [-0.05, 0) is 6.42 Å². The van der Waals surface area contributed by atoms with Gasteiger partial charge in [0.15, 0.2) is 0 Å². The molecule has 0 spiro atoms. The van der Waals surface area contributed by atoms with Crippen molar-refractivity contribution in [1.29, 1.82) is 0 Å². The zero-order valence-electron chi connectivity index (χ0n) is 7.62. The Hall–Kier alpha value is -0.0126. The maximum atomic E-state index is 10.3. The van der Waals surface area contributed by atoms with Crippen LogP contribution in [-0.2, 0) is 9.53 Å². The second kappa shape index (κ2) is 5.60. The first kappa shape index (κ1) is 12.0. The van der Waals surface area contributed by atoms with E-state index in [0.29, 0.717) is 13.2 Å². The quantitative estimate of drug-likeness (QED) is 0.337. The molecule has 1 fully saturated rings. The zero-order chi connectivity index (χ0) is 8.27. The standard InChI is InChI=1S/C7H13NO3.Li/c1-11-4-2-3-8-5-6(8)7(9)10;/h6H,2-5H2,1H3,(H,9,10);/t6?,8-;/m0./s1. The van der Waals surface area contributed by atoms with Gasteiger partial charge in [0.05, 0.1) is 0 Å². The molecule has 0 aliphatic carbocycles. The normalized spacial score (nSPS) is 26.1. The third kappa shape index (κ3) is 3.59. The van der Waals surface area contributed by atoms with Crippen molar-refractivity contribution in [3.8, 4) is 0 Å². The van der Waals surface area contributed by atoms with E-state index in [4.69, 9.17) is 9.84 Å². The van der Waals surface area contributed by atoms with Crippen LogP contribution in [0.15, 0.2) is 0 Å². The van der Waals surface area contributed by atoms with E-state index in [2.05, 4.69) is 0 Å². The molecule has 1 heterocycles. The summed E-state index contributed by atoms with van der Waals surface area (Å²) in [7, 11) is 1.65. The molecule has 0 amide bonds. The molecule has 1 aliphatic heterocycles. The first-order valence-corrected chi connectivity index (χ1v) is 3.71. The Bertz CT molecular complexity index is 154. The van der Waals surface area contributed by atoms with Crippen LogP contribution >= 0.6 is 0 Å². The smallest absolute Gasteiger partial charge is 0.322 e. The van der Waals surface area contributed by atoms with Crippen molar-refractivity contribution in [1.82, 2.24) is 4.90 Å². The molecule has 1 radical (unpaired) electrons. The number of hydrogen-bond acceptors (Lipinski definition) is 3. The number of carboxylic acid groups (broad SMARTS) is 1. The van der Waals surface area contributed by atoms with E-state index in [1.807, 2.05) is 4.90 Å². The Morgan fingerprint density at radius 2 is 2.42 bits per heavy atom. The van der Waals surface area contributed by atoms with E-state index in [1.165, 1.54) is 0 Å². The van der Waals surface area contributed by atoms with Crippen LogP contribution in [0.4, 0.5) is 0 Å². The molecule has 5 heteroatoms. The van der Waals surface area contributed by atoms with Gasteiger partial charge in [0.1, 0.15) is 6.04 Å². The van der Waals surface area contributed by atoms with Gasteiger partial charge in [-0.3, -0.25) is 9.69 Å². The summed E-state index contributed by atoms with van der Waals surface area (Å²) in [6.07, 6.45) is 0.917. The molecular formula is C7H13LiNO3. The summed E-state index contributed by atoms with van der Waals surface area (Å²) in [5, 5.41) is 8.51. The Morgan fingerprint density at radius 1 is 1.75 bits per heavy atom. The second-order valence-electron chi connectivity index (χ2n) is 2.70. The minimum Gasteiger partial charge on any atom is -0.480 e.